The molecule has 2 atom stereocenters. The molecule has 0 radical (unpaired) electrons. The molecule has 0 fully saturated rings. The quantitative estimate of drug-likeness (QED) is 0.266. The van der Waals surface area contributed by atoms with E-state index in [1.807, 2.05) is 19.1 Å². The summed E-state index contributed by atoms with van der Waals surface area (Å²) in [7, 11) is 0. The lowest BCUT2D eigenvalue weighted by molar-refractivity contribution is -0.433. The number of rotatable bonds is 6. The minimum absolute atomic E-state index is 0.0368. The molecule has 0 bridgehead atoms. The van der Waals surface area contributed by atoms with E-state index in [0.29, 0.717) is 6.42 Å². The van der Waals surface area contributed by atoms with Crippen molar-refractivity contribution >= 4 is 18.0 Å². The first-order valence-corrected chi connectivity index (χ1v) is 6.07. The third-order valence-electron chi connectivity index (χ3n) is 2.75. The van der Waals surface area contributed by atoms with Crippen LogP contribution in [0, 0.1) is 11.8 Å². The van der Waals surface area contributed by atoms with Gasteiger partial charge in [0, 0.05) is 0 Å². The molecule has 1 rings (SSSR count). The van der Waals surface area contributed by atoms with Crippen molar-refractivity contribution in [2.75, 3.05) is 6.61 Å². The summed E-state index contributed by atoms with van der Waals surface area (Å²) in [5.41, 5.74) is 0. The zero-order chi connectivity index (χ0) is 13.6. The molecular formula is C10H14F2O5S. The molecule has 0 saturated carbocycles. The molecule has 2 unspecified atom stereocenters. The number of halogens is 2. The lowest BCUT2D eigenvalue weighted by atomic mass is 9.85. The Labute approximate surface area is 107 Å². The summed E-state index contributed by atoms with van der Waals surface area (Å²) in [6.07, 6.45) is 5.49. The van der Waals surface area contributed by atoms with E-state index in [4.69, 9.17) is 5.26 Å². The van der Waals surface area contributed by atoms with E-state index in [2.05, 4.69) is 14.1 Å². The zero-order valence-electron chi connectivity index (χ0n) is 9.68. The molecule has 1 aliphatic rings. The Bertz CT molecular complexity index is 311. The van der Waals surface area contributed by atoms with Gasteiger partial charge in [0.05, 0.1) is 6.61 Å². The molecule has 0 aliphatic heterocycles. The summed E-state index contributed by atoms with van der Waals surface area (Å²) in [5, 5.41) is 6.83. The number of carbonyl (C=O) groups excluding carboxylic acids is 1. The van der Waals surface area contributed by atoms with Gasteiger partial charge in [-0.05, 0) is 24.7 Å². The number of alkyl halides is 2. The van der Waals surface area contributed by atoms with Gasteiger partial charge >= 0.3 is 11.2 Å². The molecule has 104 valence electrons. The van der Waals surface area contributed by atoms with Crippen molar-refractivity contribution in [3.8, 4) is 0 Å². The molecule has 1 aliphatic carbocycles. The highest BCUT2D eigenvalue weighted by Crippen LogP contribution is 2.32. The lowest BCUT2D eigenvalue weighted by Gasteiger charge is -2.25. The Morgan fingerprint density at radius 1 is 1.50 bits per heavy atom. The second kappa shape index (κ2) is 7.03. The largest absolute Gasteiger partial charge is 0.460 e. The molecule has 1 N–H and O–H groups in total. The molecule has 18 heavy (non-hydrogen) atoms. The fourth-order valence-electron chi connectivity index (χ4n) is 1.60. The molecule has 0 heterocycles. The smallest absolute Gasteiger partial charge is 0.415 e. The highest BCUT2D eigenvalue weighted by molar-refractivity contribution is 7.96. The van der Waals surface area contributed by atoms with Crippen LogP contribution in [0.3, 0.4) is 0 Å². The number of carbonyl (C=O) groups is 1. The summed E-state index contributed by atoms with van der Waals surface area (Å²) < 4.78 is 34.1. The highest BCUT2D eigenvalue weighted by Gasteiger charge is 2.44. The molecule has 0 spiro atoms. The normalized spacial score (nSPS) is 24.0. The van der Waals surface area contributed by atoms with E-state index in [-0.39, 0.29) is 18.4 Å². The standard InChI is InChI=1S/C10H14F2O5S/c1-7-4-2-3-5-8(7)6-15-9(13)10(11,12)18-17-16-14/h2-3,7-8,14H,4-6H2,1H3. The lowest BCUT2D eigenvalue weighted by Crippen LogP contribution is -2.30. The summed E-state index contributed by atoms with van der Waals surface area (Å²) in [6.45, 7) is 1.90. The fraction of sp³-hybridized carbons (Fsp3) is 0.700. The van der Waals surface area contributed by atoms with Crippen molar-refractivity contribution in [3.05, 3.63) is 12.2 Å². The average molecular weight is 284 g/mol. The van der Waals surface area contributed by atoms with Crippen LogP contribution in [0.1, 0.15) is 19.8 Å². The maximum Gasteiger partial charge on any atom is 0.415 e. The summed E-state index contributed by atoms with van der Waals surface area (Å²) in [4.78, 5) is 11.1. The summed E-state index contributed by atoms with van der Waals surface area (Å²) >= 11 is -0.620. The zero-order valence-corrected chi connectivity index (χ0v) is 10.5. The molecule has 5 nitrogen and oxygen atoms in total. The first-order chi connectivity index (χ1) is 8.47. The number of hydrogen-bond acceptors (Lipinski definition) is 6. The van der Waals surface area contributed by atoms with Crippen molar-refractivity contribution in [2.24, 2.45) is 11.8 Å². The minimum Gasteiger partial charge on any atom is -0.460 e. The van der Waals surface area contributed by atoms with Gasteiger partial charge in [0.2, 0.25) is 0 Å². The first kappa shape index (κ1) is 15.4. The Morgan fingerprint density at radius 3 is 2.78 bits per heavy atom. The molecule has 8 heteroatoms. The van der Waals surface area contributed by atoms with Crippen LogP contribution in [-0.4, -0.2) is 23.1 Å². The Balaban J connectivity index is 2.38. The molecule has 0 aromatic carbocycles. The van der Waals surface area contributed by atoms with Gasteiger partial charge in [0.15, 0.2) is 0 Å². The van der Waals surface area contributed by atoms with Crippen LogP contribution in [0.15, 0.2) is 12.2 Å². The Kier molecular flexibility index (Phi) is 6.00. The minimum atomic E-state index is -3.92. The second-order valence-electron chi connectivity index (χ2n) is 4.02. The van der Waals surface area contributed by atoms with E-state index < -0.39 is 23.3 Å². The summed E-state index contributed by atoms with van der Waals surface area (Å²) in [5.74, 6) is -1.40. The summed E-state index contributed by atoms with van der Waals surface area (Å²) in [6, 6.07) is 0. The monoisotopic (exact) mass is 284 g/mol. The predicted octanol–water partition coefficient (Wildman–Crippen LogP) is 2.79. The fourth-order valence-corrected chi connectivity index (χ4v) is 1.84. The van der Waals surface area contributed by atoms with Crippen molar-refractivity contribution in [1.82, 2.24) is 0 Å². The van der Waals surface area contributed by atoms with Crippen molar-refractivity contribution < 1.29 is 32.9 Å². The van der Waals surface area contributed by atoms with Crippen molar-refractivity contribution in [3.63, 3.8) is 0 Å². The van der Waals surface area contributed by atoms with Crippen molar-refractivity contribution in [1.29, 1.82) is 0 Å². The van der Waals surface area contributed by atoms with Gasteiger partial charge in [-0.3, -0.25) is 0 Å². The number of hydrogen-bond donors (Lipinski definition) is 1. The van der Waals surface area contributed by atoms with Crippen LogP contribution in [0.4, 0.5) is 8.78 Å². The van der Waals surface area contributed by atoms with Crippen molar-refractivity contribution in [2.45, 2.75) is 25.0 Å². The highest BCUT2D eigenvalue weighted by atomic mass is 32.2. The molecular weight excluding hydrogens is 270 g/mol. The van der Waals surface area contributed by atoms with E-state index in [1.165, 1.54) is 0 Å². The van der Waals surface area contributed by atoms with Gasteiger partial charge in [0.1, 0.15) is 12.0 Å². The van der Waals surface area contributed by atoms with E-state index in [9.17, 15) is 13.6 Å². The maximum absolute atomic E-state index is 13.0. The van der Waals surface area contributed by atoms with E-state index in [1.54, 1.807) is 0 Å². The van der Waals surface area contributed by atoms with Gasteiger partial charge < -0.3 is 4.74 Å². The Hall–Kier alpha value is -0.700. The van der Waals surface area contributed by atoms with E-state index in [0.717, 1.165) is 6.42 Å². The first-order valence-electron chi connectivity index (χ1n) is 5.33. The third kappa shape index (κ3) is 4.52. The van der Waals surface area contributed by atoms with Gasteiger partial charge in [0.25, 0.3) is 0 Å². The van der Waals surface area contributed by atoms with Gasteiger partial charge in [-0.2, -0.15) is 8.78 Å². The molecule has 0 saturated heterocycles. The van der Waals surface area contributed by atoms with Crippen LogP contribution >= 0.6 is 12.0 Å². The molecule has 0 amide bonds. The third-order valence-corrected chi connectivity index (χ3v) is 3.26. The van der Waals surface area contributed by atoms with Gasteiger partial charge in [-0.15, -0.1) is 4.33 Å². The molecule has 0 aromatic heterocycles. The van der Waals surface area contributed by atoms with Crippen LogP contribution in [0.5, 0.6) is 0 Å². The SMILES string of the molecule is CC1CC=CCC1COC(=O)C(F)(F)SOOO. The van der Waals surface area contributed by atoms with Crippen LogP contribution in [0.2, 0.25) is 0 Å². The van der Waals surface area contributed by atoms with Crippen LogP contribution < -0.4 is 0 Å². The number of ether oxygens (including phenoxy) is 1. The van der Waals surface area contributed by atoms with Gasteiger partial charge in [-0.1, -0.05) is 24.1 Å². The Morgan fingerprint density at radius 2 is 2.17 bits per heavy atom. The van der Waals surface area contributed by atoms with Crippen LogP contribution in [-0.2, 0) is 18.9 Å². The number of esters is 1. The number of allylic oxidation sites excluding steroid dienone is 2. The average Bonchev–Trinajstić information content (AvgIpc) is 2.35. The van der Waals surface area contributed by atoms with Crippen LogP contribution in [0.25, 0.3) is 0 Å². The maximum atomic E-state index is 13.0. The second-order valence-corrected chi connectivity index (χ2v) is 4.84. The van der Waals surface area contributed by atoms with E-state index >= 15 is 0 Å². The van der Waals surface area contributed by atoms with Gasteiger partial charge in [-0.25, -0.2) is 10.1 Å². The molecule has 0 aromatic rings. The predicted molar refractivity (Wildman–Crippen MR) is 59.3 cm³/mol. The topological polar surface area (TPSA) is 65.0 Å².